The number of anilines is 1. The second-order valence-electron chi connectivity index (χ2n) is 7.98. The summed E-state index contributed by atoms with van der Waals surface area (Å²) in [5.74, 6) is -0.0598. The lowest BCUT2D eigenvalue weighted by Gasteiger charge is -2.37. The van der Waals surface area contributed by atoms with Crippen LogP contribution in [0.4, 0.5) is 18.9 Å². The van der Waals surface area contributed by atoms with Crippen molar-refractivity contribution in [2.24, 2.45) is 0 Å². The molecule has 3 rings (SSSR count). The van der Waals surface area contributed by atoms with E-state index in [1.54, 1.807) is 19.2 Å². The van der Waals surface area contributed by atoms with E-state index < -0.39 is 11.9 Å². The predicted molar refractivity (Wildman–Crippen MR) is 120 cm³/mol. The number of ether oxygens (including phenoxy) is 1. The number of amides is 1. The highest BCUT2D eigenvalue weighted by Crippen LogP contribution is 2.37. The van der Waals surface area contributed by atoms with Crippen molar-refractivity contribution in [2.45, 2.75) is 50.4 Å². The number of fused-ring (bicyclic) bond motifs is 1. The topological polar surface area (TPSA) is 54.5 Å². The van der Waals surface area contributed by atoms with Crippen LogP contribution >= 0.6 is 11.6 Å². The van der Waals surface area contributed by atoms with Gasteiger partial charge < -0.3 is 15.0 Å². The van der Waals surface area contributed by atoms with E-state index in [0.717, 1.165) is 31.7 Å². The largest absolute Gasteiger partial charge is 0.433 e. The molecule has 0 bridgehead atoms. The number of halogens is 4. The van der Waals surface area contributed by atoms with Crippen LogP contribution in [0.15, 0.2) is 36.9 Å². The molecule has 1 saturated carbocycles. The molecular weight excluding hydrogens is 443 g/mol. The van der Waals surface area contributed by atoms with E-state index in [4.69, 9.17) is 16.3 Å². The molecular formula is C23H27ClF3N3O2. The fourth-order valence-corrected chi connectivity index (χ4v) is 4.22. The lowest BCUT2D eigenvalue weighted by molar-refractivity contribution is -0.140. The van der Waals surface area contributed by atoms with Gasteiger partial charge in [0.25, 0.3) is 0 Å². The Morgan fingerprint density at radius 2 is 2.03 bits per heavy atom. The number of nitrogens with one attached hydrogen (secondary N) is 1. The Hall–Kier alpha value is -2.32. The zero-order valence-electron chi connectivity index (χ0n) is 17.9. The van der Waals surface area contributed by atoms with Crippen molar-refractivity contribution in [2.75, 3.05) is 25.2 Å². The van der Waals surface area contributed by atoms with Crippen molar-refractivity contribution < 1.29 is 22.7 Å². The molecule has 0 radical (unpaired) electrons. The average Bonchev–Trinajstić information content (AvgIpc) is 2.75. The SMILES string of the molecule is C=CCOCCC(=O)N[C@H]1CC[C@@H](N(C)c2cc(C(F)(F)F)nc3ccc(Cl)cc23)CC1. The maximum absolute atomic E-state index is 13.4. The normalized spacial score (nSPS) is 19.0. The predicted octanol–water partition coefficient (Wildman–Crippen LogP) is 5.36. The molecule has 174 valence electrons. The van der Waals surface area contributed by atoms with Gasteiger partial charge in [-0.25, -0.2) is 4.98 Å². The minimum absolute atomic E-state index is 0.0461. The third kappa shape index (κ3) is 6.13. The number of hydrogen-bond acceptors (Lipinski definition) is 4. The van der Waals surface area contributed by atoms with Crippen LogP contribution in [-0.4, -0.2) is 43.2 Å². The van der Waals surface area contributed by atoms with Crippen LogP contribution in [0.25, 0.3) is 10.9 Å². The van der Waals surface area contributed by atoms with E-state index in [1.165, 1.54) is 12.1 Å². The molecule has 1 aromatic carbocycles. The van der Waals surface area contributed by atoms with Gasteiger partial charge in [0.05, 0.1) is 18.7 Å². The van der Waals surface area contributed by atoms with E-state index >= 15 is 0 Å². The number of alkyl halides is 3. The highest BCUT2D eigenvalue weighted by Gasteiger charge is 2.34. The van der Waals surface area contributed by atoms with Crippen molar-refractivity contribution in [3.05, 3.63) is 47.6 Å². The molecule has 1 heterocycles. The van der Waals surface area contributed by atoms with Crippen molar-refractivity contribution in [3.8, 4) is 0 Å². The number of pyridine rings is 1. The quantitative estimate of drug-likeness (QED) is 0.417. The molecule has 32 heavy (non-hydrogen) atoms. The van der Waals surface area contributed by atoms with Gasteiger partial charge >= 0.3 is 6.18 Å². The van der Waals surface area contributed by atoms with Crippen LogP contribution in [0.1, 0.15) is 37.8 Å². The highest BCUT2D eigenvalue weighted by molar-refractivity contribution is 6.31. The second kappa shape index (κ2) is 10.5. The van der Waals surface area contributed by atoms with Crippen LogP contribution in [0.3, 0.4) is 0 Å². The van der Waals surface area contributed by atoms with Gasteiger partial charge in [-0.2, -0.15) is 13.2 Å². The molecule has 1 aliphatic carbocycles. The molecule has 2 aromatic rings. The average molecular weight is 470 g/mol. The first-order valence-corrected chi connectivity index (χ1v) is 10.9. The number of nitrogens with zero attached hydrogens (tertiary/aromatic N) is 2. The third-order valence-corrected chi connectivity index (χ3v) is 5.97. The van der Waals surface area contributed by atoms with Gasteiger partial charge in [-0.05, 0) is 49.9 Å². The van der Waals surface area contributed by atoms with Gasteiger partial charge in [-0.3, -0.25) is 4.79 Å². The fraction of sp³-hybridized carbons (Fsp3) is 0.478. The summed E-state index contributed by atoms with van der Waals surface area (Å²) < 4.78 is 45.5. The van der Waals surface area contributed by atoms with E-state index in [1.807, 2.05) is 4.90 Å². The monoisotopic (exact) mass is 469 g/mol. The van der Waals surface area contributed by atoms with Crippen LogP contribution in [0.5, 0.6) is 0 Å². The van der Waals surface area contributed by atoms with Crippen LogP contribution in [0, 0.1) is 0 Å². The molecule has 1 aromatic heterocycles. The summed E-state index contributed by atoms with van der Waals surface area (Å²) >= 11 is 6.11. The zero-order chi connectivity index (χ0) is 23.3. The minimum Gasteiger partial charge on any atom is -0.377 e. The Morgan fingerprint density at radius 3 is 2.69 bits per heavy atom. The molecule has 0 atom stereocenters. The van der Waals surface area contributed by atoms with Crippen molar-refractivity contribution in [3.63, 3.8) is 0 Å². The summed E-state index contributed by atoms with van der Waals surface area (Å²) in [5.41, 5.74) is -0.212. The lowest BCUT2D eigenvalue weighted by atomic mass is 9.89. The molecule has 0 spiro atoms. The third-order valence-electron chi connectivity index (χ3n) is 5.74. The van der Waals surface area contributed by atoms with E-state index in [0.29, 0.717) is 29.3 Å². The van der Waals surface area contributed by atoms with Crippen LogP contribution in [0.2, 0.25) is 5.02 Å². The number of rotatable bonds is 8. The molecule has 1 aliphatic rings. The number of aromatic nitrogens is 1. The number of benzene rings is 1. The first-order chi connectivity index (χ1) is 15.2. The number of hydrogen-bond donors (Lipinski definition) is 1. The summed E-state index contributed by atoms with van der Waals surface area (Å²) in [6.45, 7) is 4.31. The summed E-state index contributed by atoms with van der Waals surface area (Å²) in [4.78, 5) is 17.7. The van der Waals surface area contributed by atoms with E-state index in [-0.39, 0.29) is 29.9 Å². The van der Waals surface area contributed by atoms with Crippen LogP contribution < -0.4 is 10.2 Å². The van der Waals surface area contributed by atoms with Crippen molar-refractivity contribution in [1.29, 1.82) is 0 Å². The van der Waals surface area contributed by atoms with Gasteiger partial charge in [0.2, 0.25) is 5.91 Å². The first kappa shape index (κ1) is 24.3. The Bertz CT molecular complexity index is 959. The van der Waals surface area contributed by atoms with Gasteiger partial charge in [0.1, 0.15) is 5.69 Å². The van der Waals surface area contributed by atoms with E-state index in [2.05, 4.69) is 16.9 Å². The number of carbonyl (C=O) groups is 1. The Kier molecular flexibility index (Phi) is 8.00. The summed E-state index contributed by atoms with van der Waals surface area (Å²) in [6.07, 6.45) is 0.389. The molecule has 5 nitrogen and oxygen atoms in total. The summed E-state index contributed by atoms with van der Waals surface area (Å²) in [7, 11) is 1.80. The summed E-state index contributed by atoms with van der Waals surface area (Å²) in [6, 6.07) is 5.89. The smallest absolute Gasteiger partial charge is 0.377 e. The van der Waals surface area contributed by atoms with Gasteiger partial charge in [-0.15, -0.1) is 6.58 Å². The van der Waals surface area contributed by atoms with Gasteiger partial charge in [0, 0.05) is 41.6 Å². The minimum atomic E-state index is -4.54. The van der Waals surface area contributed by atoms with Gasteiger partial charge in [0.15, 0.2) is 0 Å². The zero-order valence-corrected chi connectivity index (χ0v) is 18.7. The highest BCUT2D eigenvalue weighted by atomic mass is 35.5. The summed E-state index contributed by atoms with van der Waals surface area (Å²) in [5, 5.41) is 4.05. The Balaban J connectivity index is 1.68. The molecule has 1 N–H and O–H groups in total. The maximum atomic E-state index is 13.4. The van der Waals surface area contributed by atoms with E-state index in [9.17, 15) is 18.0 Å². The molecule has 1 amide bonds. The number of carbonyl (C=O) groups excluding carboxylic acids is 1. The van der Waals surface area contributed by atoms with Crippen molar-refractivity contribution >= 4 is 34.1 Å². The Labute approximate surface area is 190 Å². The van der Waals surface area contributed by atoms with Crippen molar-refractivity contribution in [1.82, 2.24) is 10.3 Å². The first-order valence-electron chi connectivity index (χ1n) is 10.6. The second-order valence-corrected chi connectivity index (χ2v) is 8.42. The molecule has 0 saturated heterocycles. The lowest BCUT2D eigenvalue weighted by Crippen LogP contribution is -2.43. The molecule has 0 aliphatic heterocycles. The maximum Gasteiger partial charge on any atom is 0.433 e. The fourth-order valence-electron chi connectivity index (χ4n) is 4.05. The molecule has 9 heteroatoms. The standard InChI is InChI=1S/C23H27ClF3N3O2/c1-3-11-32-12-10-22(31)28-16-5-7-17(8-6-16)30(2)20-14-21(23(25,26)27)29-19-9-4-15(24)13-18(19)20/h3-4,9,13-14,16-17H,1,5-8,10-12H2,2H3,(H,28,31)/t16-,17+. The van der Waals surface area contributed by atoms with Crippen LogP contribution in [-0.2, 0) is 15.7 Å². The Morgan fingerprint density at radius 1 is 1.31 bits per heavy atom. The molecule has 0 unspecified atom stereocenters. The molecule has 1 fully saturated rings. The van der Waals surface area contributed by atoms with Gasteiger partial charge in [-0.1, -0.05) is 17.7 Å².